The van der Waals surface area contributed by atoms with Crippen molar-refractivity contribution in [3.63, 3.8) is 0 Å². The highest BCUT2D eigenvalue weighted by atomic mass is 127. The first-order valence-corrected chi connectivity index (χ1v) is 11.8. The van der Waals surface area contributed by atoms with Gasteiger partial charge in [-0.05, 0) is 44.1 Å². The second-order valence-electron chi connectivity index (χ2n) is 7.61. The molecule has 7 nitrogen and oxygen atoms in total. The molecule has 2 rings (SSSR count). The summed E-state index contributed by atoms with van der Waals surface area (Å²) in [7, 11) is 1.79. The van der Waals surface area contributed by atoms with Crippen molar-refractivity contribution in [2.24, 2.45) is 10.9 Å². The van der Waals surface area contributed by atoms with Crippen LogP contribution in [-0.2, 0) is 19.5 Å². The number of nitrogens with zero attached hydrogens (tertiary/aromatic N) is 4. The number of hydrogen-bond donors (Lipinski definition) is 2. The Morgan fingerprint density at radius 3 is 2.68 bits per heavy atom. The summed E-state index contributed by atoms with van der Waals surface area (Å²) < 4.78 is 8.01. The zero-order chi connectivity index (χ0) is 21.9. The third-order valence-corrected chi connectivity index (χ3v) is 5.25. The lowest BCUT2D eigenvalue weighted by molar-refractivity contribution is 0.336. The van der Waals surface area contributed by atoms with Crippen molar-refractivity contribution in [3.8, 4) is 5.75 Å². The molecule has 31 heavy (non-hydrogen) atoms. The van der Waals surface area contributed by atoms with Crippen molar-refractivity contribution in [3.05, 3.63) is 35.2 Å². The van der Waals surface area contributed by atoms with Gasteiger partial charge in [0.25, 0.3) is 0 Å². The minimum absolute atomic E-state index is 0. The van der Waals surface area contributed by atoms with Crippen LogP contribution in [-0.4, -0.2) is 47.2 Å². The zero-order valence-corrected chi connectivity index (χ0v) is 22.7. The number of guanidine groups is 1. The largest absolute Gasteiger partial charge is 0.494 e. The van der Waals surface area contributed by atoms with E-state index < -0.39 is 0 Å². The second kappa shape index (κ2) is 14.5. The number of benzene rings is 1. The van der Waals surface area contributed by atoms with Gasteiger partial charge < -0.3 is 19.9 Å². The summed E-state index contributed by atoms with van der Waals surface area (Å²) in [5, 5.41) is 16.5. The Morgan fingerprint density at radius 2 is 2.03 bits per heavy atom. The highest BCUT2D eigenvalue weighted by Gasteiger charge is 2.12. The maximum absolute atomic E-state index is 5.76. The number of nitrogens with one attached hydrogen (secondary N) is 2. The SMILES string of the molecule is CCOc1cc(C)ccc1CNC(=NC)NCCCc1nnc(SC)n1CC(C)C.I. The predicted octanol–water partition coefficient (Wildman–Crippen LogP) is 4.28. The summed E-state index contributed by atoms with van der Waals surface area (Å²) in [5.74, 6) is 3.33. The van der Waals surface area contributed by atoms with Gasteiger partial charge in [-0.15, -0.1) is 34.2 Å². The molecule has 0 atom stereocenters. The molecule has 2 N–H and O–H groups in total. The first-order chi connectivity index (χ1) is 14.5. The van der Waals surface area contributed by atoms with Crippen molar-refractivity contribution >= 4 is 41.7 Å². The van der Waals surface area contributed by atoms with E-state index in [2.05, 4.69) is 69.4 Å². The number of aromatic nitrogens is 3. The molecule has 0 aliphatic heterocycles. The van der Waals surface area contributed by atoms with Crippen molar-refractivity contribution in [2.45, 2.75) is 58.8 Å². The van der Waals surface area contributed by atoms with E-state index in [9.17, 15) is 0 Å². The van der Waals surface area contributed by atoms with Crippen LogP contribution >= 0.6 is 35.7 Å². The van der Waals surface area contributed by atoms with Crippen LogP contribution in [0.15, 0.2) is 28.3 Å². The summed E-state index contributed by atoms with van der Waals surface area (Å²) in [4.78, 5) is 4.33. The van der Waals surface area contributed by atoms with Crippen LogP contribution in [0.4, 0.5) is 0 Å². The average Bonchev–Trinajstić information content (AvgIpc) is 3.09. The van der Waals surface area contributed by atoms with E-state index in [0.717, 1.165) is 54.2 Å². The summed E-state index contributed by atoms with van der Waals surface area (Å²) in [6, 6.07) is 6.28. The summed E-state index contributed by atoms with van der Waals surface area (Å²) in [6.45, 7) is 11.6. The summed E-state index contributed by atoms with van der Waals surface area (Å²) >= 11 is 1.65. The monoisotopic (exact) mass is 560 g/mol. The van der Waals surface area contributed by atoms with E-state index in [-0.39, 0.29) is 24.0 Å². The van der Waals surface area contributed by atoms with Gasteiger partial charge in [0.05, 0.1) is 6.61 Å². The molecule has 0 unspecified atom stereocenters. The molecule has 0 aliphatic rings. The van der Waals surface area contributed by atoms with Crippen LogP contribution in [0.1, 0.15) is 44.1 Å². The molecule has 1 heterocycles. The first kappa shape index (κ1) is 27.5. The molecule has 1 aromatic carbocycles. The maximum atomic E-state index is 5.76. The van der Waals surface area contributed by atoms with Crippen LogP contribution in [0.2, 0.25) is 0 Å². The minimum Gasteiger partial charge on any atom is -0.494 e. The maximum Gasteiger partial charge on any atom is 0.191 e. The summed E-state index contributed by atoms with van der Waals surface area (Å²) in [6.07, 6.45) is 3.89. The van der Waals surface area contributed by atoms with E-state index in [1.54, 1.807) is 18.8 Å². The molecule has 1 aromatic heterocycles. The number of aryl methyl sites for hydroxylation is 2. The molecule has 0 aliphatic carbocycles. The number of rotatable bonds is 11. The molecule has 0 saturated carbocycles. The van der Waals surface area contributed by atoms with Crippen molar-refractivity contribution in [2.75, 3.05) is 26.5 Å². The number of halogens is 1. The van der Waals surface area contributed by atoms with Crippen LogP contribution < -0.4 is 15.4 Å². The van der Waals surface area contributed by atoms with Gasteiger partial charge in [-0.3, -0.25) is 4.99 Å². The van der Waals surface area contributed by atoms with E-state index in [0.29, 0.717) is 19.1 Å². The number of hydrogen-bond acceptors (Lipinski definition) is 5. The standard InChI is InChI=1S/C22H36N6OS.HI/c1-7-29-19-13-17(4)10-11-18(19)14-25-21(23-5)24-12-8-9-20-26-27-22(30-6)28(20)15-16(2)3;/h10-11,13,16H,7-9,12,14-15H2,1-6H3,(H2,23,24,25);1H. The summed E-state index contributed by atoms with van der Waals surface area (Å²) in [5.41, 5.74) is 2.32. The fraction of sp³-hybridized carbons (Fsp3) is 0.591. The normalized spacial score (nSPS) is 11.4. The molecular weight excluding hydrogens is 523 g/mol. The lowest BCUT2D eigenvalue weighted by Crippen LogP contribution is -2.37. The highest BCUT2D eigenvalue weighted by molar-refractivity contribution is 14.0. The molecule has 0 bridgehead atoms. The Morgan fingerprint density at radius 1 is 1.26 bits per heavy atom. The van der Waals surface area contributed by atoms with Gasteiger partial charge >= 0.3 is 0 Å². The Labute approximate surface area is 208 Å². The Bertz CT molecular complexity index is 824. The fourth-order valence-corrected chi connectivity index (χ4v) is 3.68. The van der Waals surface area contributed by atoms with Gasteiger partial charge in [0.2, 0.25) is 0 Å². The third kappa shape index (κ3) is 8.88. The van der Waals surface area contributed by atoms with Gasteiger partial charge in [0.15, 0.2) is 11.1 Å². The highest BCUT2D eigenvalue weighted by Crippen LogP contribution is 2.20. The Balaban J connectivity index is 0.00000480. The van der Waals surface area contributed by atoms with Crippen LogP contribution in [0, 0.1) is 12.8 Å². The minimum atomic E-state index is 0. The number of thioether (sulfide) groups is 1. The molecule has 2 aromatic rings. The Kier molecular flexibility index (Phi) is 12.9. The number of aliphatic imine (C=N–C) groups is 1. The smallest absolute Gasteiger partial charge is 0.191 e. The zero-order valence-electron chi connectivity index (χ0n) is 19.6. The molecule has 174 valence electrons. The van der Waals surface area contributed by atoms with Crippen LogP contribution in [0.3, 0.4) is 0 Å². The first-order valence-electron chi connectivity index (χ1n) is 10.6. The lowest BCUT2D eigenvalue weighted by Gasteiger charge is -2.15. The van der Waals surface area contributed by atoms with Crippen molar-refractivity contribution in [1.29, 1.82) is 0 Å². The molecule has 0 fully saturated rings. The molecular formula is C22H37IN6OS. The third-order valence-electron chi connectivity index (χ3n) is 4.59. The van der Waals surface area contributed by atoms with Crippen LogP contribution in [0.5, 0.6) is 5.75 Å². The van der Waals surface area contributed by atoms with Crippen molar-refractivity contribution in [1.82, 2.24) is 25.4 Å². The van der Waals surface area contributed by atoms with Crippen molar-refractivity contribution < 1.29 is 4.74 Å². The molecule has 0 amide bonds. The van der Waals surface area contributed by atoms with Gasteiger partial charge in [-0.2, -0.15) is 0 Å². The van der Waals surface area contributed by atoms with E-state index in [4.69, 9.17) is 4.74 Å². The van der Waals surface area contributed by atoms with E-state index in [1.807, 2.05) is 13.2 Å². The topological polar surface area (TPSA) is 76.4 Å². The molecule has 0 saturated heterocycles. The van der Waals surface area contributed by atoms with E-state index >= 15 is 0 Å². The van der Waals surface area contributed by atoms with Gasteiger partial charge in [0.1, 0.15) is 11.6 Å². The lowest BCUT2D eigenvalue weighted by atomic mass is 10.1. The molecule has 0 spiro atoms. The second-order valence-corrected chi connectivity index (χ2v) is 8.38. The molecule has 9 heteroatoms. The average molecular weight is 561 g/mol. The van der Waals surface area contributed by atoms with Crippen LogP contribution in [0.25, 0.3) is 0 Å². The molecule has 0 radical (unpaired) electrons. The predicted molar refractivity (Wildman–Crippen MR) is 141 cm³/mol. The van der Waals surface area contributed by atoms with Gasteiger partial charge in [-0.1, -0.05) is 37.7 Å². The number of ether oxygens (including phenoxy) is 1. The van der Waals surface area contributed by atoms with E-state index in [1.165, 1.54) is 5.56 Å². The Hall–Kier alpha value is -1.49. The fourth-order valence-electron chi connectivity index (χ4n) is 3.15. The van der Waals surface area contributed by atoms with Gasteiger partial charge in [0, 0.05) is 38.7 Å². The van der Waals surface area contributed by atoms with Gasteiger partial charge in [-0.25, -0.2) is 0 Å². The quantitative estimate of drug-likeness (QED) is 0.141.